The molecule has 42 heavy (non-hydrogen) atoms. The molecular formula is C32H92F10. The number of unbranched alkanes of at least 4 members (excludes halogenated alkanes) is 1. The Morgan fingerprint density at radius 3 is 0.476 bits per heavy atom. The van der Waals surface area contributed by atoms with Gasteiger partial charge >= 0.3 is 12.4 Å². The van der Waals surface area contributed by atoms with Gasteiger partial charge < -0.3 is 0 Å². The van der Waals surface area contributed by atoms with Gasteiger partial charge in [0.2, 0.25) is 0 Å². The first-order valence-electron chi connectivity index (χ1n) is 9.51. The van der Waals surface area contributed by atoms with Gasteiger partial charge in [-0.05, 0) is 40.5 Å². The number of halogens is 10. The van der Waals surface area contributed by atoms with Crippen molar-refractivity contribution in [3.63, 3.8) is 0 Å². The van der Waals surface area contributed by atoms with E-state index in [4.69, 9.17) is 0 Å². The van der Waals surface area contributed by atoms with E-state index in [9.17, 15) is 43.9 Å². The van der Waals surface area contributed by atoms with Crippen LogP contribution in [0, 0.1) is 5.41 Å². The van der Waals surface area contributed by atoms with Gasteiger partial charge in [-0.25, -0.2) is 0 Å². The van der Waals surface area contributed by atoms with Gasteiger partial charge in [-0.2, -0.15) is 26.3 Å². The van der Waals surface area contributed by atoms with Crippen LogP contribution in [0.25, 0.3) is 0 Å². The SMILES string of the molecule is C.C.C.C.C.C.C.C.C.C.C.C.C.CCC(C)(C(F)(F)F)C(F)(F)F.CCCC.CCCF.CCF.CCF.CCF. The molecule has 0 aromatic rings. The van der Waals surface area contributed by atoms with Gasteiger partial charge in [0.25, 0.3) is 0 Å². The third-order valence-electron chi connectivity index (χ3n) is 2.65. The highest BCUT2D eigenvalue weighted by atomic mass is 19.4. The molecule has 0 aliphatic rings. The highest BCUT2D eigenvalue weighted by Gasteiger charge is 2.66. The standard InChI is InChI=1S/C6H8F6.C4H10.C3H7F.3C2H5F.13CH4/c1-3-4(2,5(7,8)9)6(10,11)12;1-3-4-2;1-2-3-4;3*1-2-3;;;;;;;;;;;;;/h3H2,1-2H3;3-4H2,1-2H3;2-3H2,1H3;3*2H2,1H3;13*1H4. The van der Waals surface area contributed by atoms with Crippen LogP contribution in [0.15, 0.2) is 0 Å². The molecular weight excluding hydrogens is 574 g/mol. The lowest BCUT2D eigenvalue weighted by Gasteiger charge is -2.32. The van der Waals surface area contributed by atoms with Crippen LogP contribution in [0.5, 0.6) is 0 Å². The average molecular weight is 667 g/mol. The van der Waals surface area contributed by atoms with E-state index in [2.05, 4.69) is 13.8 Å². The second kappa shape index (κ2) is 97.2. The second-order valence-corrected chi connectivity index (χ2v) is 5.17. The molecule has 0 saturated carbocycles. The molecule has 0 radical (unpaired) electrons. The van der Waals surface area contributed by atoms with Gasteiger partial charge in [-0.3, -0.25) is 17.6 Å². The van der Waals surface area contributed by atoms with Crippen molar-refractivity contribution in [2.24, 2.45) is 5.41 Å². The number of alkyl halides is 10. The summed E-state index contributed by atoms with van der Waals surface area (Å²) in [4.78, 5) is 0. The maximum absolute atomic E-state index is 11.9. The summed E-state index contributed by atoms with van der Waals surface area (Å²) >= 11 is 0. The summed E-state index contributed by atoms with van der Waals surface area (Å²) < 4.78 is 113. The van der Waals surface area contributed by atoms with Crippen molar-refractivity contribution in [2.45, 2.75) is 190 Å². The number of hydrogen-bond acceptors (Lipinski definition) is 0. The lowest BCUT2D eigenvalue weighted by Crippen LogP contribution is -2.47. The molecule has 0 saturated heterocycles. The molecule has 0 fully saturated rings. The average Bonchev–Trinajstić information content (AvgIpc) is 2.61. The van der Waals surface area contributed by atoms with Crippen molar-refractivity contribution in [2.75, 3.05) is 26.7 Å². The summed E-state index contributed by atoms with van der Waals surface area (Å²) in [6.45, 7) is 10.6. The van der Waals surface area contributed by atoms with E-state index in [-0.39, 0.29) is 130 Å². The zero-order valence-electron chi connectivity index (χ0n) is 18.9. The monoisotopic (exact) mass is 667 g/mol. The lowest BCUT2D eigenvalue weighted by molar-refractivity contribution is -0.335. The summed E-state index contributed by atoms with van der Waals surface area (Å²) in [5, 5.41) is 0. The molecule has 0 spiro atoms. The smallest absolute Gasteiger partial charge is 0.251 e. The normalized spacial score (nSPS) is 7.00. The first kappa shape index (κ1) is 135. The first-order valence-corrected chi connectivity index (χ1v) is 9.51. The zero-order chi connectivity index (χ0) is 25.2. The van der Waals surface area contributed by atoms with Crippen LogP contribution in [0.1, 0.15) is 178 Å². The largest absolute Gasteiger partial charge is 0.402 e. The Labute approximate surface area is 266 Å². The van der Waals surface area contributed by atoms with Gasteiger partial charge in [0.15, 0.2) is 5.41 Å². The molecule has 290 valence electrons. The molecule has 0 bridgehead atoms. The summed E-state index contributed by atoms with van der Waals surface area (Å²) in [6, 6.07) is 0. The van der Waals surface area contributed by atoms with Crippen molar-refractivity contribution >= 4 is 0 Å². The van der Waals surface area contributed by atoms with E-state index in [1.807, 2.05) is 0 Å². The minimum atomic E-state index is -5.24. The second-order valence-electron chi connectivity index (χ2n) is 5.17. The van der Waals surface area contributed by atoms with Crippen LogP contribution >= 0.6 is 0 Å². The van der Waals surface area contributed by atoms with Gasteiger partial charge in [-0.1, -0.05) is 137 Å². The third-order valence-corrected chi connectivity index (χ3v) is 2.65. The fourth-order valence-corrected chi connectivity index (χ4v) is 0.562. The summed E-state index contributed by atoms with van der Waals surface area (Å²) in [5.74, 6) is 0. The van der Waals surface area contributed by atoms with Crippen LogP contribution in [0.2, 0.25) is 0 Å². The quantitative estimate of drug-likeness (QED) is 0.263. The maximum atomic E-state index is 11.9. The molecule has 0 aromatic heterocycles. The lowest BCUT2D eigenvalue weighted by atomic mass is 9.86. The Morgan fingerprint density at radius 1 is 0.357 bits per heavy atom. The van der Waals surface area contributed by atoms with Crippen molar-refractivity contribution in [1.29, 1.82) is 0 Å². The summed E-state index contributed by atoms with van der Waals surface area (Å²) in [5.41, 5.74) is -3.58. The minimum absolute atomic E-state index is 0. The molecule has 0 N–H and O–H groups in total. The molecule has 0 amide bonds. The van der Waals surface area contributed by atoms with Crippen LogP contribution in [0.4, 0.5) is 43.9 Å². The summed E-state index contributed by atoms with van der Waals surface area (Å²) in [7, 11) is 0. The highest BCUT2D eigenvalue weighted by Crippen LogP contribution is 2.51. The Bertz CT molecular complexity index is 230. The molecule has 0 atom stereocenters. The van der Waals surface area contributed by atoms with Crippen LogP contribution in [-0.2, 0) is 0 Å². The van der Waals surface area contributed by atoms with Crippen LogP contribution < -0.4 is 0 Å². The molecule has 0 unspecified atom stereocenters. The van der Waals surface area contributed by atoms with Gasteiger partial charge in [0.05, 0.1) is 26.7 Å². The van der Waals surface area contributed by atoms with E-state index in [0.29, 0.717) is 6.42 Å². The molecule has 0 heterocycles. The Kier molecular flexibility index (Phi) is 312. The van der Waals surface area contributed by atoms with E-state index in [0.717, 1.165) is 6.92 Å². The van der Waals surface area contributed by atoms with Gasteiger partial charge in [0.1, 0.15) is 0 Å². The highest BCUT2D eigenvalue weighted by molar-refractivity contribution is 4.87. The summed E-state index contributed by atoms with van der Waals surface area (Å²) in [6.07, 6.45) is -8.18. The van der Waals surface area contributed by atoms with E-state index < -0.39 is 24.2 Å². The number of hydrogen-bond donors (Lipinski definition) is 0. The third kappa shape index (κ3) is 116. The Hall–Kier alpha value is -0.700. The molecule has 0 aliphatic carbocycles. The predicted octanol–water partition coefficient (Wildman–Crippen LogP) is 17.9. The van der Waals surface area contributed by atoms with Gasteiger partial charge in [-0.15, -0.1) is 0 Å². The van der Waals surface area contributed by atoms with E-state index >= 15 is 0 Å². The molecule has 0 rings (SSSR count). The minimum Gasteiger partial charge on any atom is -0.251 e. The molecule has 0 nitrogen and oxygen atoms in total. The van der Waals surface area contributed by atoms with Crippen molar-refractivity contribution in [3.8, 4) is 0 Å². The zero-order valence-corrected chi connectivity index (χ0v) is 18.9. The fraction of sp³-hybridized carbons (Fsp3) is 1.00. The molecule has 0 aromatic carbocycles. The van der Waals surface area contributed by atoms with Crippen LogP contribution in [-0.4, -0.2) is 39.1 Å². The first-order chi connectivity index (χ1) is 13.1. The Balaban J connectivity index is -0.00000000918. The van der Waals surface area contributed by atoms with Crippen molar-refractivity contribution in [1.82, 2.24) is 0 Å². The fourth-order valence-electron chi connectivity index (χ4n) is 0.562. The van der Waals surface area contributed by atoms with Gasteiger partial charge in [0, 0.05) is 0 Å². The Morgan fingerprint density at radius 2 is 0.476 bits per heavy atom. The van der Waals surface area contributed by atoms with Crippen molar-refractivity contribution < 1.29 is 43.9 Å². The van der Waals surface area contributed by atoms with E-state index in [1.54, 1.807) is 6.92 Å². The maximum Gasteiger partial charge on any atom is 0.402 e. The molecule has 10 heteroatoms. The topological polar surface area (TPSA) is 0 Å². The van der Waals surface area contributed by atoms with Crippen LogP contribution in [0.3, 0.4) is 0 Å². The molecule has 0 aliphatic heterocycles. The number of rotatable bonds is 3. The van der Waals surface area contributed by atoms with Crippen molar-refractivity contribution in [3.05, 3.63) is 0 Å². The van der Waals surface area contributed by atoms with E-state index in [1.165, 1.54) is 33.6 Å². The predicted molar refractivity (Wildman–Crippen MR) is 190 cm³/mol.